The van der Waals surface area contributed by atoms with Gasteiger partial charge < -0.3 is 18.6 Å². The maximum absolute atomic E-state index is 14.1. The van der Waals surface area contributed by atoms with Crippen molar-refractivity contribution in [1.82, 2.24) is 14.7 Å². The lowest BCUT2D eigenvalue weighted by Crippen LogP contribution is -2.42. The average Bonchev–Trinajstić information content (AvgIpc) is 3.59. The Labute approximate surface area is 205 Å². The summed E-state index contributed by atoms with van der Waals surface area (Å²) in [6, 6.07) is 8.89. The minimum atomic E-state index is -1.04. The van der Waals surface area contributed by atoms with E-state index in [4.69, 9.17) is 19.0 Å². The molecule has 0 aliphatic carbocycles. The van der Waals surface area contributed by atoms with Crippen molar-refractivity contribution in [2.45, 2.75) is 38.8 Å². The number of fused-ring (bicyclic) bond motifs is 1. The van der Waals surface area contributed by atoms with Crippen LogP contribution >= 0.6 is 0 Å². The standard InChI is InChI=1S/C26H24F2N4O4/c1-14-24(15(2)36-30-14)16-3-6-22-21(11-16)29-25(31(22)18-7-9-34-13-18)23-8-10-35-26(33)32(23)17-4-5-19(27)20(28)12-17/h3-6,11-12,18,23H,7-10,13H2,1-2H3. The van der Waals surface area contributed by atoms with Crippen molar-refractivity contribution in [3.8, 4) is 11.1 Å². The number of nitrogens with zero attached hydrogens (tertiary/aromatic N) is 4. The van der Waals surface area contributed by atoms with Crippen molar-refractivity contribution < 1.29 is 27.6 Å². The molecule has 2 aromatic heterocycles. The molecule has 4 aromatic rings. The Morgan fingerprint density at radius 2 is 1.89 bits per heavy atom. The second-order valence-electron chi connectivity index (χ2n) is 9.15. The lowest BCUT2D eigenvalue weighted by molar-refractivity contribution is 0.127. The summed E-state index contributed by atoms with van der Waals surface area (Å²) in [5.41, 5.74) is 4.50. The van der Waals surface area contributed by atoms with E-state index in [-0.39, 0.29) is 18.3 Å². The predicted molar refractivity (Wildman–Crippen MR) is 127 cm³/mol. The summed E-state index contributed by atoms with van der Waals surface area (Å²) in [4.78, 5) is 19.3. The van der Waals surface area contributed by atoms with Gasteiger partial charge >= 0.3 is 6.09 Å². The number of rotatable bonds is 4. The van der Waals surface area contributed by atoms with Crippen molar-refractivity contribution >= 4 is 22.8 Å². The Kier molecular flexibility index (Phi) is 5.48. The summed E-state index contributed by atoms with van der Waals surface area (Å²) < 4.78 is 46.2. The molecular formula is C26H24F2N4O4. The maximum atomic E-state index is 14.1. The highest BCUT2D eigenvalue weighted by Crippen LogP contribution is 2.39. The first-order chi connectivity index (χ1) is 17.4. The van der Waals surface area contributed by atoms with Gasteiger partial charge in [0.1, 0.15) is 17.6 Å². The lowest BCUT2D eigenvalue weighted by atomic mass is 10.0. The summed E-state index contributed by atoms with van der Waals surface area (Å²) in [5, 5.41) is 4.06. The zero-order chi connectivity index (χ0) is 25.0. The monoisotopic (exact) mass is 494 g/mol. The van der Waals surface area contributed by atoms with Crippen LogP contribution in [-0.4, -0.2) is 40.6 Å². The fourth-order valence-electron chi connectivity index (χ4n) is 5.26. The molecule has 0 saturated carbocycles. The summed E-state index contributed by atoms with van der Waals surface area (Å²) >= 11 is 0. The van der Waals surface area contributed by atoms with Crippen LogP contribution in [0, 0.1) is 25.5 Å². The van der Waals surface area contributed by atoms with Gasteiger partial charge in [0.25, 0.3) is 0 Å². The van der Waals surface area contributed by atoms with Crippen molar-refractivity contribution in [2.24, 2.45) is 0 Å². The van der Waals surface area contributed by atoms with Crippen molar-refractivity contribution in [3.63, 3.8) is 0 Å². The Balaban J connectivity index is 1.52. The van der Waals surface area contributed by atoms with Gasteiger partial charge in [0.05, 0.1) is 41.7 Å². The van der Waals surface area contributed by atoms with Gasteiger partial charge in [0.15, 0.2) is 11.6 Å². The summed E-state index contributed by atoms with van der Waals surface area (Å²) in [5.74, 6) is -0.651. The Morgan fingerprint density at radius 1 is 1.03 bits per heavy atom. The minimum absolute atomic E-state index is 0.0275. The zero-order valence-corrected chi connectivity index (χ0v) is 19.8. The third kappa shape index (κ3) is 3.63. The first-order valence-corrected chi connectivity index (χ1v) is 11.9. The smallest absolute Gasteiger partial charge is 0.414 e. The van der Waals surface area contributed by atoms with E-state index in [2.05, 4.69) is 9.72 Å². The molecule has 2 fully saturated rings. The number of imidazole rings is 1. The normalized spacial score (nSPS) is 20.3. The second-order valence-corrected chi connectivity index (χ2v) is 9.15. The third-order valence-electron chi connectivity index (χ3n) is 6.91. The molecule has 0 N–H and O–H groups in total. The van der Waals surface area contributed by atoms with Crippen LogP contribution in [0.4, 0.5) is 19.3 Å². The van der Waals surface area contributed by atoms with Gasteiger partial charge in [-0.2, -0.15) is 0 Å². The van der Waals surface area contributed by atoms with E-state index in [1.807, 2.05) is 32.0 Å². The lowest BCUT2D eigenvalue weighted by Gasteiger charge is -2.35. The molecule has 0 spiro atoms. The zero-order valence-electron chi connectivity index (χ0n) is 19.8. The van der Waals surface area contributed by atoms with Crippen LogP contribution in [0.1, 0.15) is 42.2 Å². The van der Waals surface area contributed by atoms with E-state index in [9.17, 15) is 13.6 Å². The summed E-state index contributed by atoms with van der Waals surface area (Å²) in [7, 11) is 0. The van der Waals surface area contributed by atoms with Crippen LogP contribution in [0.25, 0.3) is 22.2 Å². The molecule has 0 radical (unpaired) electrons. The number of hydrogen-bond donors (Lipinski definition) is 0. The molecule has 2 saturated heterocycles. The number of amides is 1. The minimum Gasteiger partial charge on any atom is -0.449 e. The fraction of sp³-hybridized carbons (Fsp3) is 0.346. The van der Waals surface area contributed by atoms with Crippen LogP contribution in [-0.2, 0) is 9.47 Å². The molecule has 8 nitrogen and oxygen atoms in total. The highest BCUT2D eigenvalue weighted by Gasteiger charge is 2.37. The first kappa shape index (κ1) is 22.7. The molecule has 2 unspecified atom stereocenters. The Bertz CT molecular complexity index is 1450. The van der Waals surface area contributed by atoms with Gasteiger partial charge in [-0.3, -0.25) is 4.90 Å². The fourth-order valence-corrected chi connectivity index (χ4v) is 5.26. The van der Waals surface area contributed by atoms with E-state index < -0.39 is 23.8 Å². The number of cyclic esters (lactones) is 1. The number of carbonyl (C=O) groups excluding carboxylic acids is 1. The molecule has 2 aliphatic heterocycles. The van der Waals surface area contributed by atoms with E-state index in [0.717, 1.165) is 52.2 Å². The Hall–Kier alpha value is -3.79. The van der Waals surface area contributed by atoms with Crippen LogP contribution in [0.5, 0.6) is 0 Å². The molecule has 1 amide bonds. The van der Waals surface area contributed by atoms with E-state index >= 15 is 0 Å². The summed E-state index contributed by atoms with van der Waals surface area (Å²) in [6.07, 6.45) is 0.611. The molecule has 4 heterocycles. The quantitative estimate of drug-likeness (QED) is 0.365. The van der Waals surface area contributed by atoms with Gasteiger partial charge in [0, 0.05) is 24.7 Å². The first-order valence-electron chi connectivity index (χ1n) is 11.9. The number of hydrogen-bond acceptors (Lipinski definition) is 6. The molecule has 6 rings (SSSR count). The molecule has 186 valence electrons. The second kappa shape index (κ2) is 8.70. The van der Waals surface area contributed by atoms with Crippen LogP contribution in [0.2, 0.25) is 0 Å². The van der Waals surface area contributed by atoms with Gasteiger partial charge in [-0.15, -0.1) is 0 Å². The SMILES string of the molecule is Cc1noc(C)c1-c1ccc2c(c1)nc(C1CCOC(=O)N1c1ccc(F)c(F)c1)n2C1CCOC1. The molecule has 2 aliphatic rings. The van der Waals surface area contributed by atoms with Crippen molar-refractivity contribution in [3.05, 3.63) is 65.3 Å². The molecule has 2 aromatic carbocycles. The molecule has 0 bridgehead atoms. The maximum Gasteiger partial charge on any atom is 0.414 e. The largest absolute Gasteiger partial charge is 0.449 e. The molecule has 2 atom stereocenters. The van der Waals surface area contributed by atoms with Gasteiger partial charge in [0.2, 0.25) is 0 Å². The molecular weight excluding hydrogens is 470 g/mol. The average molecular weight is 494 g/mol. The number of halogens is 2. The highest BCUT2D eigenvalue weighted by molar-refractivity contribution is 5.90. The number of carbonyl (C=O) groups is 1. The van der Waals surface area contributed by atoms with E-state index in [0.29, 0.717) is 25.5 Å². The molecule has 36 heavy (non-hydrogen) atoms. The van der Waals surface area contributed by atoms with Crippen LogP contribution in [0.3, 0.4) is 0 Å². The number of anilines is 1. The van der Waals surface area contributed by atoms with Gasteiger partial charge in [-0.25, -0.2) is 18.6 Å². The van der Waals surface area contributed by atoms with Gasteiger partial charge in [-0.05, 0) is 50.1 Å². The number of benzene rings is 2. The topological polar surface area (TPSA) is 82.6 Å². The highest BCUT2D eigenvalue weighted by atomic mass is 19.2. The Morgan fingerprint density at radius 3 is 2.61 bits per heavy atom. The molecule has 10 heteroatoms. The number of ether oxygens (including phenoxy) is 2. The predicted octanol–water partition coefficient (Wildman–Crippen LogP) is 5.64. The van der Waals surface area contributed by atoms with Crippen molar-refractivity contribution in [1.29, 1.82) is 0 Å². The number of aromatic nitrogens is 3. The van der Waals surface area contributed by atoms with Crippen molar-refractivity contribution in [2.75, 3.05) is 24.7 Å². The van der Waals surface area contributed by atoms with Crippen LogP contribution in [0.15, 0.2) is 40.9 Å². The number of aryl methyl sites for hydroxylation is 2. The van der Waals surface area contributed by atoms with Crippen LogP contribution < -0.4 is 4.90 Å². The van der Waals surface area contributed by atoms with E-state index in [1.165, 1.54) is 11.0 Å². The van der Waals surface area contributed by atoms with E-state index in [1.54, 1.807) is 0 Å². The third-order valence-corrected chi connectivity index (χ3v) is 6.91. The summed E-state index contributed by atoms with van der Waals surface area (Å²) in [6.45, 7) is 5.10. The van der Waals surface area contributed by atoms with Gasteiger partial charge in [-0.1, -0.05) is 11.2 Å².